The fourth-order valence-electron chi connectivity index (χ4n) is 1.09. The van der Waals surface area contributed by atoms with Crippen LogP contribution < -0.4 is 10.5 Å². The lowest BCUT2D eigenvalue weighted by Crippen LogP contribution is -2.17. The highest BCUT2D eigenvalue weighted by Gasteiger charge is 2.13. The lowest BCUT2D eigenvalue weighted by molar-refractivity contribution is 0.185. The second kappa shape index (κ2) is 3.86. The molecule has 0 saturated heterocycles. The Morgan fingerprint density at radius 3 is 2.81 bits per heavy atom. The number of hydrogen-bond donors (Lipinski definition) is 1. The highest BCUT2D eigenvalue weighted by molar-refractivity contribution is 7.21. The monoisotopic (exact) mass is 238 g/mol. The molecule has 0 atom stereocenters. The van der Waals surface area contributed by atoms with E-state index in [-0.39, 0.29) is 5.41 Å². The second-order valence-electron chi connectivity index (χ2n) is 4.74. The van der Waals surface area contributed by atoms with E-state index in [2.05, 4.69) is 35.7 Å². The van der Waals surface area contributed by atoms with Crippen molar-refractivity contribution in [2.24, 2.45) is 5.41 Å². The number of thiazole rings is 1. The van der Waals surface area contributed by atoms with Crippen LogP contribution in [0.3, 0.4) is 0 Å². The average molecular weight is 238 g/mol. The van der Waals surface area contributed by atoms with Gasteiger partial charge in [-0.15, -0.1) is 0 Å². The number of fused-ring (bicyclic) bond motifs is 1. The van der Waals surface area contributed by atoms with Gasteiger partial charge in [-0.2, -0.15) is 4.98 Å². The van der Waals surface area contributed by atoms with Crippen molar-refractivity contribution >= 4 is 26.8 Å². The molecule has 5 nitrogen and oxygen atoms in total. The summed E-state index contributed by atoms with van der Waals surface area (Å²) in [6.07, 6.45) is 1.63. The second-order valence-corrected chi connectivity index (χ2v) is 5.75. The Labute approximate surface area is 97.7 Å². The summed E-state index contributed by atoms with van der Waals surface area (Å²) in [6.45, 7) is 6.86. The predicted molar refractivity (Wildman–Crippen MR) is 64.6 cm³/mol. The predicted octanol–water partition coefficient (Wildman–Crippen LogP) is 2.09. The van der Waals surface area contributed by atoms with E-state index >= 15 is 0 Å². The summed E-state index contributed by atoms with van der Waals surface area (Å²) in [5.41, 5.74) is 6.38. The summed E-state index contributed by atoms with van der Waals surface area (Å²) in [7, 11) is 0. The van der Waals surface area contributed by atoms with Crippen LogP contribution in [0, 0.1) is 5.41 Å². The van der Waals surface area contributed by atoms with Crippen molar-refractivity contribution in [1.82, 2.24) is 15.0 Å². The lowest BCUT2D eigenvalue weighted by Gasteiger charge is -2.17. The summed E-state index contributed by atoms with van der Waals surface area (Å²) in [5, 5.41) is 0.497. The third-order valence-electron chi connectivity index (χ3n) is 1.78. The summed E-state index contributed by atoms with van der Waals surface area (Å²) in [6, 6.07) is 0.381. The van der Waals surface area contributed by atoms with Gasteiger partial charge < -0.3 is 10.5 Å². The quantitative estimate of drug-likeness (QED) is 0.867. The van der Waals surface area contributed by atoms with Gasteiger partial charge in [-0.1, -0.05) is 32.1 Å². The van der Waals surface area contributed by atoms with Crippen LogP contribution in [-0.4, -0.2) is 21.6 Å². The first kappa shape index (κ1) is 11.1. The minimum absolute atomic E-state index is 0.0883. The van der Waals surface area contributed by atoms with E-state index in [1.54, 1.807) is 6.20 Å². The molecule has 86 valence electrons. The highest BCUT2D eigenvalue weighted by atomic mass is 32.1. The molecule has 2 N–H and O–H groups in total. The molecule has 2 aromatic heterocycles. The van der Waals surface area contributed by atoms with E-state index in [4.69, 9.17) is 10.5 Å². The Morgan fingerprint density at radius 1 is 1.38 bits per heavy atom. The Bertz CT molecular complexity index is 503. The minimum atomic E-state index is 0.0883. The molecule has 0 amide bonds. The van der Waals surface area contributed by atoms with Crippen molar-refractivity contribution in [3.63, 3.8) is 0 Å². The minimum Gasteiger partial charge on any atom is -0.463 e. The largest absolute Gasteiger partial charge is 0.463 e. The molecule has 2 heterocycles. The molecule has 0 aliphatic heterocycles. The van der Waals surface area contributed by atoms with Crippen LogP contribution in [0.15, 0.2) is 6.20 Å². The molecular weight excluding hydrogens is 224 g/mol. The van der Waals surface area contributed by atoms with E-state index in [0.29, 0.717) is 23.3 Å². The highest BCUT2D eigenvalue weighted by Crippen LogP contribution is 2.23. The fraction of sp³-hybridized carbons (Fsp3) is 0.500. The number of nitrogens with two attached hydrogens (primary N) is 1. The average Bonchev–Trinajstić information content (AvgIpc) is 2.52. The first-order chi connectivity index (χ1) is 7.44. The van der Waals surface area contributed by atoms with Gasteiger partial charge >= 0.3 is 6.01 Å². The SMILES string of the molecule is CC(C)(C)COc1ncc2nc(N)sc2n1. The Morgan fingerprint density at radius 2 is 2.12 bits per heavy atom. The molecule has 0 bridgehead atoms. The number of nitrogen functional groups attached to an aromatic ring is 1. The van der Waals surface area contributed by atoms with E-state index in [9.17, 15) is 0 Å². The number of ether oxygens (including phenoxy) is 1. The first-order valence-electron chi connectivity index (χ1n) is 4.96. The van der Waals surface area contributed by atoms with Crippen molar-refractivity contribution in [3.8, 4) is 6.01 Å². The number of hydrogen-bond acceptors (Lipinski definition) is 6. The van der Waals surface area contributed by atoms with E-state index in [1.807, 2.05) is 0 Å². The van der Waals surface area contributed by atoms with Crippen molar-refractivity contribution in [3.05, 3.63) is 6.20 Å². The number of anilines is 1. The summed E-state index contributed by atoms with van der Waals surface area (Å²) in [4.78, 5) is 13.2. The molecule has 0 aliphatic rings. The maximum atomic E-state index is 5.58. The standard InChI is InChI=1S/C10H14N4OS/c1-10(2,3)5-15-9-12-4-6-7(14-9)16-8(11)13-6/h4H,5H2,1-3H3,(H2,11,13). The van der Waals surface area contributed by atoms with Gasteiger partial charge in [-0.25, -0.2) is 9.97 Å². The van der Waals surface area contributed by atoms with E-state index in [0.717, 1.165) is 4.83 Å². The number of aromatic nitrogens is 3. The van der Waals surface area contributed by atoms with Gasteiger partial charge in [0.15, 0.2) is 9.96 Å². The van der Waals surface area contributed by atoms with Gasteiger partial charge in [0.1, 0.15) is 5.52 Å². The van der Waals surface area contributed by atoms with Crippen LogP contribution in [-0.2, 0) is 0 Å². The van der Waals surface area contributed by atoms with Gasteiger partial charge in [0.05, 0.1) is 12.8 Å². The Hall–Kier alpha value is -1.43. The van der Waals surface area contributed by atoms with Crippen molar-refractivity contribution in [1.29, 1.82) is 0 Å². The zero-order valence-electron chi connectivity index (χ0n) is 9.52. The normalized spacial score (nSPS) is 11.9. The van der Waals surface area contributed by atoms with Crippen molar-refractivity contribution in [2.75, 3.05) is 12.3 Å². The zero-order valence-corrected chi connectivity index (χ0v) is 10.3. The van der Waals surface area contributed by atoms with Gasteiger partial charge in [0, 0.05) is 0 Å². The van der Waals surface area contributed by atoms with Crippen LogP contribution in [0.25, 0.3) is 10.3 Å². The van der Waals surface area contributed by atoms with Gasteiger partial charge in [-0.3, -0.25) is 0 Å². The summed E-state index contributed by atoms with van der Waals surface area (Å²) < 4.78 is 5.50. The molecule has 0 radical (unpaired) electrons. The number of rotatable bonds is 2. The van der Waals surface area contributed by atoms with Gasteiger partial charge in [-0.05, 0) is 5.41 Å². The maximum absolute atomic E-state index is 5.58. The topological polar surface area (TPSA) is 73.9 Å². The Balaban J connectivity index is 2.19. The maximum Gasteiger partial charge on any atom is 0.317 e. The van der Waals surface area contributed by atoms with Gasteiger partial charge in [0.25, 0.3) is 0 Å². The zero-order chi connectivity index (χ0) is 11.8. The third-order valence-corrected chi connectivity index (χ3v) is 2.57. The van der Waals surface area contributed by atoms with Crippen molar-refractivity contribution < 1.29 is 4.74 Å². The third kappa shape index (κ3) is 2.57. The molecule has 0 aromatic carbocycles. The van der Waals surface area contributed by atoms with Crippen LogP contribution in [0.2, 0.25) is 0 Å². The molecule has 0 saturated carbocycles. The van der Waals surface area contributed by atoms with Crippen molar-refractivity contribution in [2.45, 2.75) is 20.8 Å². The van der Waals surface area contributed by atoms with Crippen LogP contribution in [0.4, 0.5) is 5.13 Å². The molecular formula is C10H14N4OS. The molecule has 0 fully saturated rings. The molecule has 2 aromatic rings. The van der Waals surface area contributed by atoms with E-state index < -0.39 is 0 Å². The van der Waals surface area contributed by atoms with Crippen LogP contribution >= 0.6 is 11.3 Å². The Kier molecular flexibility index (Phi) is 2.67. The molecule has 16 heavy (non-hydrogen) atoms. The summed E-state index contributed by atoms with van der Waals surface area (Å²) in [5.74, 6) is 0. The molecule has 2 rings (SSSR count). The first-order valence-corrected chi connectivity index (χ1v) is 5.77. The van der Waals surface area contributed by atoms with Crippen LogP contribution in [0.5, 0.6) is 6.01 Å². The molecule has 0 aliphatic carbocycles. The molecule has 0 spiro atoms. The molecule has 0 unspecified atom stereocenters. The van der Waals surface area contributed by atoms with E-state index in [1.165, 1.54) is 11.3 Å². The lowest BCUT2D eigenvalue weighted by atomic mass is 9.99. The summed E-state index contributed by atoms with van der Waals surface area (Å²) >= 11 is 1.34. The smallest absolute Gasteiger partial charge is 0.317 e. The molecule has 6 heteroatoms. The fourth-order valence-corrected chi connectivity index (χ4v) is 1.76. The van der Waals surface area contributed by atoms with Gasteiger partial charge in [0.2, 0.25) is 0 Å². The van der Waals surface area contributed by atoms with Crippen LogP contribution in [0.1, 0.15) is 20.8 Å². The number of nitrogens with zero attached hydrogens (tertiary/aromatic N) is 3.